The molecule has 3 heterocycles. The lowest BCUT2D eigenvalue weighted by Crippen LogP contribution is -2.39. The molecular formula is C17H28N8O. The summed E-state index contributed by atoms with van der Waals surface area (Å²) in [7, 11) is 1.76. The van der Waals surface area contributed by atoms with Gasteiger partial charge in [0.2, 0.25) is 0 Å². The second-order valence-corrected chi connectivity index (χ2v) is 6.43. The molecule has 2 N–H and O–H groups in total. The van der Waals surface area contributed by atoms with E-state index in [9.17, 15) is 4.79 Å². The van der Waals surface area contributed by atoms with E-state index >= 15 is 0 Å². The first kappa shape index (κ1) is 18.2. The van der Waals surface area contributed by atoms with Crippen molar-refractivity contribution >= 4 is 5.96 Å². The minimum atomic E-state index is 0.0285. The fraction of sp³-hybridized carbons (Fsp3) is 0.647. The molecule has 9 nitrogen and oxygen atoms in total. The summed E-state index contributed by atoms with van der Waals surface area (Å²) >= 11 is 0. The number of hydrogen-bond donors (Lipinski definition) is 2. The van der Waals surface area contributed by atoms with Crippen LogP contribution in [0.1, 0.15) is 31.5 Å². The van der Waals surface area contributed by atoms with Gasteiger partial charge in [-0.2, -0.15) is 10.2 Å². The minimum Gasteiger partial charge on any atom is -0.356 e. The lowest BCUT2D eigenvalue weighted by Gasteiger charge is -2.11. The maximum Gasteiger partial charge on any atom is 0.345 e. The maximum atomic E-state index is 12.3. The molecule has 0 atom stereocenters. The number of hydrogen-bond acceptors (Lipinski definition) is 4. The Morgan fingerprint density at radius 1 is 1.23 bits per heavy atom. The molecule has 0 aromatic carbocycles. The van der Waals surface area contributed by atoms with Gasteiger partial charge in [-0.3, -0.25) is 14.2 Å². The van der Waals surface area contributed by atoms with Crippen LogP contribution in [0.3, 0.4) is 0 Å². The molecule has 2 aromatic heterocycles. The Morgan fingerprint density at radius 2 is 2.04 bits per heavy atom. The third kappa shape index (κ3) is 4.74. The molecule has 1 aliphatic rings. The Balaban J connectivity index is 1.34. The van der Waals surface area contributed by atoms with Gasteiger partial charge in [-0.15, -0.1) is 0 Å². The molecule has 1 aliphatic heterocycles. The van der Waals surface area contributed by atoms with E-state index in [0.29, 0.717) is 6.54 Å². The zero-order chi connectivity index (χ0) is 18.2. The summed E-state index contributed by atoms with van der Waals surface area (Å²) in [6.45, 7) is 3.88. The number of nitrogens with zero attached hydrogens (tertiary/aromatic N) is 6. The van der Waals surface area contributed by atoms with E-state index in [2.05, 4.69) is 25.8 Å². The van der Waals surface area contributed by atoms with Crippen molar-refractivity contribution in [3.63, 3.8) is 0 Å². The third-order valence-corrected chi connectivity index (χ3v) is 4.51. The highest BCUT2D eigenvalue weighted by Gasteiger charge is 2.16. The van der Waals surface area contributed by atoms with E-state index in [1.54, 1.807) is 17.9 Å². The van der Waals surface area contributed by atoms with Crippen molar-refractivity contribution in [3.8, 4) is 0 Å². The SMILES string of the molecule is CN=C(NCCCn1cccn1)NCCCn1nc2n(c1=O)CCCC2. The Labute approximate surface area is 153 Å². The number of aliphatic imine (C=N–C) groups is 1. The van der Waals surface area contributed by atoms with Crippen molar-refractivity contribution in [1.82, 2.24) is 34.8 Å². The summed E-state index contributed by atoms with van der Waals surface area (Å²) in [5.74, 6) is 1.71. The van der Waals surface area contributed by atoms with Gasteiger partial charge in [-0.25, -0.2) is 9.48 Å². The molecule has 0 saturated heterocycles. The molecule has 0 fully saturated rings. The molecule has 2 aromatic rings. The quantitative estimate of drug-likeness (QED) is 0.399. The number of aromatic nitrogens is 5. The Hall–Kier alpha value is -2.58. The summed E-state index contributed by atoms with van der Waals surface area (Å²) in [5, 5.41) is 15.2. The third-order valence-electron chi connectivity index (χ3n) is 4.51. The van der Waals surface area contributed by atoms with Crippen LogP contribution < -0.4 is 16.3 Å². The normalized spacial score (nSPS) is 14.3. The van der Waals surface area contributed by atoms with Crippen molar-refractivity contribution in [2.75, 3.05) is 20.1 Å². The molecule has 0 amide bonds. The minimum absolute atomic E-state index is 0.0285. The van der Waals surface area contributed by atoms with Crippen molar-refractivity contribution < 1.29 is 0 Å². The van der Waals surface area contributed by atoms with E-state index in [1.807, 2.05) is 21.5 Å². The summed E-state index contributed by atoms with van der Waals surface area (Å²) in [4.78, 5) is 16.5. The van der Waals surface area contributed by atoms with Gasteiger partial charge in [-0.05, 0) is 31.7 Å². The van der Waals surface area contributed by atoms with Crippen LogP contribution >= 0.6 is 0 Å². The average molecular weight is 360 g/mol. The van der Waals surface area contributed by atoms with Crippen LogP contribution in [-0.4, -0.2) is 50.2 Å². The highest BCUT2D eigenvalue weighted by molar-refractivity contribution is 5.79. The number of rotatable bonds is 8. The summed E-state index contributed by atoms with van der Waals surface area (Å²) in [6.07, 6.45) is 8.65. The predicted molar refractivity (Wildman–Crippen MR) is 100 cm³/mol. The number of guanidine groups is 1. The summed E-state index contributed by atoms with van der Waals surface area (Å²) in [6, 6.07) is 1.93. The molecule has 3 rings (SSSR count). The van der Waals surface area contributed by atoms with Crippen LogP contribution in [0.2, 0.25) is 0 Å². The predicted octanol–water partition coefficient (Wildman–Crippen LogP) is 0.223. The van der Waals surface area contributed by atoms with Crippen molar-refractivity contribution in [2.24, 2.45) is 4.99 Å². The fourth-order valence-corrected chi connectivity index (χ4v) is 3.13. The van der Waals surface area contributed by atoms with Gasteiger partial charge in [0.15, 0.2) is 5.96 Å². The number of aryl methyl sites for hydroxylation is 3. The summed E-state index contributed by atoms with van der Waals surface area (Å²) in [5.41, 5.74) is 0.0285. The van der Waals surface area contributed by atoms with E-state index in [0.717, 1.165) is 70.1 Å². The van der Waals surface area contributed by atoms with Gasteiger partial charge in [0.05, 0.1) is 0 Å². The molecule has 26 heavy (non-hydrogen) atoms. The lowest BCUT2D eigenvalue weighted by atomic mass is 10.2. The van der Waals surface area contributed by atoms with E-state index in [1.165, 1.54) is 0 Å². The Kier molecular flexibility index (Phi) is 6.45. The second-order valence-electron chi connectivity index (χ2n) is 6.43. The largest absolute Gasteiger partial charge is 0.356 e. The van der Waals surface area contributed by atoms with Gasteiger partial charge in [-0.1, -0.05) is 0 Å². The van der Waals surface area contributed by atoms with Crippen LogP contribution in [0.25, 0.3) is 0 Å². The van der Waals surface area contributed by atoms with Crippen LogP contribution in [0.4, 0.5) is 0 Å². The van der Waals surface area contributed by atoms with Gasteiger partial charge in [0.25, 0.3) is 0 Å². The Morgan fingerprint density at radius 3 is 2.73 bits per heavy atom. The van der Waals surface area contributed by atoms with Crippen molar-refractivity contribution in [1.29, 1.82) is 0 Å². The Bertz CT molecular complexity index is 758. The molecule has 0 spiro atoms. The van der Waals surface area contributed by atoms with Gasteiger partial charge in [0.1, 0.15) is 5.82 Å². The van der Waals surface area contributed by atoms with Crippen LogP contribution in [-0.2, 0) is 26.1 Å². The first-order valence-electron chi connectivity index (χ1n) is 9.36. The lowest BCUT2D eigenvalue weighted by molar-refractivity contribution is 0.509. The molecular weight excluding hydrogens is 332 g/mol. The van der Waals surface area contributed by atoms with Gasteiger partial charge >= 0.3 is 5.69 Å². The number of fused-ring (bicyclic) bond motifs is 1. The molecule has 0 unspecified atom stereocenters. The standard InChI is InChI=1S/C17H28N8O/c1-18-16(19-8-4-11-23-12-6-10-21-23)20-9-5-14-25-17(26)24-13-3-2-7-15(24)22-25/h6,10,12H,2-5,7-9,11,13-14H2,1H3,(H2,18,19,20). The average Bonchev–Trinajstić information content (AvgIpc) is 3.29. The topological polar surface area (TPSA) is 94.1 Å². The molecule has 0 radical (unpaired) electrons. The van der Waals surface area contributed by atoms with E-state index < -0.39 is 0 Å². The second kappa shape index (κ2) is 9.21. The first-order valence-corrected chi connectivity index (χ1v) is 9.36. The first-order chi connectivity index (χ1) is 12.8. The van der Waals surface area contributed by atoms with E-state index in [4.69, 9.17) is 0 Å². The summed E-state index contributed by atoms with van der Waals surface area (Å²) < 4.78 is 5.33. The highest BCUT2D eigenvalue weighted by Crippen LogP contribution is 2.09. The van der Waals surface area contributed by atoms with Crippen molar-refractivity contribution in [2.45, 2.75) is 51.7 Å². The van der Waals surface area contributed by atoms with Crippen LogP contribution in [0.5, 0.6) is 0 Å². The zero-order valence-electron chi connectivity index (χ0n) is 15.4. The molecule has 0 saturated carbocycles. The van der Waals surface area contributed by atoms with Gasteiger partial charge < -0.3 is 10.6 Å². The number of nitrogens with one attached hydrogen (secondary N) is 2. The van der Waals surface area contributed by atoms with E-state index in [-0.39, 0.29) is 5.69 Å². The molecule has 0 aliphatic carbocycles. The molecule has 142 valence electrons. The van der Waals surface area contributed by atoms with Gasteiger partial charge in [0, 0.05) is 58.6 Å². The smallest absolute Gasteiger partial charge is 0.345 e. The van der Waals surface area contributed by atoms with Crippen LogP contribution in [0.15, 0.2) is 28.2 Å². The fourth-order valence-electron chi connectivity index (χ4n) is 3.13. The van der Waals surface area contributed by atoms with Crippen molar-refractivity contribution in [3.05, 3.63) is 34.8 Å². The monoisotopic (exact) mass is 360 g/mol. The van der Waals surface area contributed by atoms with Crippen LogP contribution in [0, 0.1) is 0 Å². The maximum absolute atomic E-state index is 12.3. The molecule has 0 bridgehead atoms. The highest BCUT2D eigenvalue weighted by atomic mass is 16.2. The molecule has 9 heteroatoms. The zero-order valence-corrected chi connectivity index (χ0v) is 15.4.